The Bertz CT molecular complexity index is 2070. The summed E-state index contributed by atoms with van der Waals surface area (Å²) in [5.41, 5.74) is 4.52. The van der Waals surface area contributed by atoms with Gasteiger partial charge in [-0.1, -0.05) is 41.7 Å². The Labute approximate surface area is 264 Å². The summed E-state index contributed by atoms with van der Waals surface area (Å²) in [5.74, 6) is 0.892. The van der Waals surface area contributed by atoms with Crippen LogP contribution in [0, 0.1) is 0 Å². The summed E-state index contributed by atoms with van der Waals surface area (Å²) in [6.07, 6.45) is 3.41. The minimum absolute atomic E-state index is 0.268. The zero-order chi connectivity index (χ0) is 31.7. The molecule has 0 spiro atoms. The van der Waals surface area contributed by atoms with Crippen molar-refractivity contribution in [3.63, 3.8) is 0 Å². The van der Waals surface area contributed by atoms with E-state index in [0.29, 0.717) is 32.0 Å². The van der Waals surface area contributed by atoms with Gasteiger partial charge in [-0.2, -0.15) is 5.10 Å². The summed E-state index contributed by atoms with van der Waals surface area (Å²) in [6, 6.07) is 24.0. The van der Waals surface area contributed by atoms with Crippen LogP contribution in [0.15, 0.2) is 106 Å². The van der Waals surface area contributed by atoms with Crippen molar-refractivity contribution in [3.05, 3.63) is 127 Å². The lowest BCUT2D eigenvalue weighted by Gasteiger charge is -2.25. The van der Waals surface area contributed by atoms with Gasteiger partial charge < -0.3 is 14.2 Å². The van der Waals surface area contributed by atoms with Crippen LogP contribution in [0.3, 0.4) is 0 Å². The second-order valence-electron chi connectivity index (χ2n) is 10.8. The maximum absolute atomic E-state index is 14.3. The predicted molar refractivity (Wildman–Crippen MR) is 174 cm³/mol. The summed E-state index contributed by atoms with van der Waals surface area (Å²) < 4.78 is 20.2. The molecule has 45 heavy (non-hydrogen) atoms. The van der Waals surface area contributed by atoms with Crippen molar-refractivity contribution < 1.29 is 19.0 Å². The number of para-hydroxylation sites is 1. The fraction of sp³-hybridized carbons (Fsp3) is 0.200. The lowest BCUT2D eigenvalue weighted by Crippen LogP contribution is -2.40. The molecule has 10 heteroatoms. The topological polar surface area (TPSA) is 96.9 Å². The highest BCUT2D eigenvalue weighted by atomic mass is 32.1. The molecule has 0 N–H and O–H groups in total. The number of rotatable bonds is 8. The van der Waals surface area contributed by atoms with Crippen molar-refractivity contribution in [1.29, 1.82) is 0 Å². The van der Waals surface area contributed by atoms with E-state index in [1.807, 2.05) is 91.1 Å². The highest BCUT2D eigenvalue weighted by Crippen LogP contribution is 2.32. The van der Waals surface area contributed by atoms with Gasteiger partial charge in [0.25, 0.3) is 5.56 Å². The van der Waals surface area contributed by atoms with Gasteiger partial charge >= 0.3 is 5.97 Å². The zero-order valence-corrected chi connectivity index (χ0v) is 26.4. The van der Waals surface area contributed by atoms with E-state index in [1.165, 1.54) is 11.3 Å². The quantitative estimate of drug-likeness (QED) is 0.225. The molecule has 5 aromatic rings. The minimum Gasteiger partial charge on any atom is -0.497 e. The second-order valence-corrected chi connectivity index (χ2v) is 11.8. The monoisotopic (exact) mass is 620 g/mol. The fourth-order valence-electron chi connectivity index (χ4n) is 5.28. The second kappa shape index (κ2) is 12.4. The molecule has 1 unspecified atom stereocenters. The number of hydrogen-bond donors (Lipinski definition) is 0. The molecule has 0 radical (unpaired) electrons. The number of carbonyl (C=O) groups is 1. The molecule has 0 amide bonds. The van der Waals surface area contributed by atoms with E-state index in [1.54, 1.807) is 44.2 Å². The Morgan fingerprint density at radius 2 is 1.58 bits per heavy atom. The molecule has 0 saturated carbocycles. The number of fused-ring (bicyclic) bond motifs is 1. The summed E-state index contributed by atoms with van der Waals surface area (Å²) >= 11 is 1.27. The van der Waals surface area contributed by atoms with Gasteiger partial charge in [0, 0.05) is 17.3 Å². The number of hydrogen-bond acceptors (Lipinski definition) is 8. The predicted octanol–water partition coefficient (Wildman–Crippen LogP) is 5.06. The van der Waals surface area contributed by atoms with E-state index in [4.69, 9.17) is 24.3 Å². The van der Waals surface area contributed by atoms with Crippen molar-refractivity contribution >= 4 is 23.4 Å². The summed E-state index contributed by atoms with van der Waals surface area (Å²) in [7, 11) is 3.22. The van der Waals surface area contributed by atoms with Gasteiger partial charge in [-0.15, -0.1) is 0 Å². The van der Waals surface area contributed by atoms with Crippen LogP contribution >= 0.6 is 11.3 Å². The number of nitrogens with zero attached hydrogens (tertiary/aromatic N) is 4. The maximum atomic E-state index is 14.3. The SMILES string of the molecule is COc1ccc(-c2nn(-c3ccccc3)cc2/C=c2/sc3n(c2=O)C(c2ccc(OC)cc2)C(C(=O)OC(C)C)=C(C)N=3)cc1. The lowest BCUT2D eigenvalue weighted by molar-refractivity contribution is -0.143. The Hall–Kier alpha value is -5.22. The molecule has 1 aliphatic heterocycles. The molecule has 0 bridgehead atoms. The molecule has 3 aromatic carbocycles. The molecule has 6 rings (SSSR count). The summed E-state index contributed by atoms with van der Waals surface area (Å²) in [6.45, 7) is 5.36. The van der Waals surface area contributed by atoms with Crippen molar-refractivity contribution in [2.75, 3.05) is 14.2 Å². The molecule has 2 aromatic heterocycles. The molecule has 0 fully saturated rings. The molecular weight excluding hydrogens is 588 g/mol. The van der Waals surface area contributed by atoms with Crippen molar-refractivity contribution in [2.45, 2.75) is 32.9 Å². The number of aromatic nitrogens is 3. The smallest absolute Gasteiger partial charge is 0.338 e. The number of thiazole rings is 1. The molecule has 1 atom stereocenters. The van der Waals surface area contributed by atoms with Crippen LogP contribution in [0.2, 0.25) is 0 Å². The number of benzene rings is 3. The van der Waals surface area contributed by atoms with E-state index >= 15 is 0 Å². The third-order valence-electron chi connectivity index (χ3n) is 7.43. The van der Waals surface area contributed by atoms with Crippen LogP contribution in [0.1, 0.15) is 37.9 Å². The number of esters is 1. The normalized spacial score (nSPS) is 14.7. The van der Waals surface area contributed by atoms with Crippen molar-refractivity contribution in [1.82, 2.24) is 14.3 Å². The van der Waals surface area contributed by atoms with Gasteiger partial charge in [0.2, 0.25) is 0 Å². The van der Waals surface area contributed by atoms with E-state index in [9.17, 15) is 9.59 Å². The third-order valence-corrected chi connectivity index (χ3v) is 8.41. The first-order chi connectivity index (χ1) is 21.8. The molecule has 1 aliphatic rings. The van der Waals surface area contributed by atoms with Gasteiger partial charge in [0.1, 0.15) is 17.2 Å². The van der Waals surface area contributed by atoms with Crippen LogP contribution < -0.4 is 24.4 Å². The van der Waals surface area contributed by atoms with Crippen LogP contribution in [-0.4, -0.2) is 40.6 Å². The first kappa shape index (κ1) is 29.8. The number of carbonyl (C=O) groups excluding carboxylic acids is 1. The Morgan fingerprint density at radius 3 is 2.20 bits per heavy atom. The number of methoxy groups -OCH3 is 2. The van der Waals surface area contributed by atoms with Gasteiger partial charge in [0.15, 0.2) is 4.80 Å². The van der Waals surface area contributed by atoms with E-state index < -0.39 is 12.0 Å². The lowest BCUT2D eigenvalue weighted by atomic mass is 9.96. The maximum Gasteiger partial charge on any atom is 0.338 e. The average molecular weight is 621 g/mol. The largest absolute Gasteiger partial charge is 0.497 e. The minimum atomic E-state index is -0.728. The van der Waals surface area contributed by atoms with Crippen LogP contribution in [0.5, 0.6) is 11.5 Å². The first-order valence-electron chi connectivity index (χ1n) is 14.4. The Kier molecular flexibility index (Phi) is 8.23. The molecule has 228 valence electrons. The van der Waals surface area contributed by atoms with Crippen LogP contribution in [0.4, 0.5) is 0 Å². The zero-order valence-electron chi connectivity index (χ0n) is 25.6. The highest BCUT2D eigenvalue weighted by molar-refractivity contribution is 7.07. The van der Waals surface area contributed by atoms with Gasteiger partial charge in [0.05, 0.1) is 47.9 Å². The van der Waals surface area contributed by atoms with Crippen LogP contribution in [-0.2, 0) is 9.53 Å². The van der Waals surface area contributed by atoms with Gasteiger partial charge in [-0.3, -0.25) is 9.36 Å². The molecule has 9 nitrogen and oxygen atoms in total. The van der Waals surface area contributed by atoms with Crippen molar-refractivity contribution in [2.24, 2.45) is 4.99 Å². The first-order valence-corrected chi connectivity index (χ1v) is 15.3. The average Bonchev–Trinajstić information content (AvgIpc) is 3.61. The van der Waals surface area contributed by atoms with E-state index in [-0.39, 0.29) is 11.7 Å². The molecule has 3 heterocycles. The molecule has 0 saturated heterocycles. The highest BCUT2D eigenvalue weighted by Gasteiger charge is 2.34. The summed E-state index contributed by atoms with van der Waals surface area (Å²) in [4.78, 5) is 32.9. The number of allylic oxidation sites excluding steroid dienone is 1. The third kappa shape index (κ3) is 5.84. The Balaban J connectivity index is 1.54. The van der Waals surface area contributed by atoms with Gasteiger partial charge in [-0.25, -0.2) is 14.5 Å². The van der Waals surface area contributed by atoms with Crippen molar-refractivity contribution in [3.8, 4) is 28.4 Å². The summed E-state index contributed by atoms with van der Waals surface area (Å²) in [5, 5.41) is 4.90. The van der Waals surface area contributed by atoms with E-state index in [0.717, 1.165) is 28.1 Å². The Morgan fingerprint density at radius 1 is 0.933 bits per heavy atom. The molecule has 0 aliphatic carbocycles. The number of ether oxygens (including phenoxy) is 3. The molecular formula is C35H32N4O5S. The van der Waals surface area contributed by atoms with Crippen LogP contribution in [0.25, 0.3) is 23.0 Å². The standard InChI is InChI=1S/C35H32N4O5S/c1-21(2)44-34(41)30-22(3)36-35-39(32(30)24-13-17-28(43-5)18-14-24)33(40)29(45-35)19-25-20-38(26-9-7-6-8-10-26)37-31(25)23-11-15-27(42-4)16-12-23/h6-21,32H,1-5H3/b29-19+. The fourth-order valence-corrected chi connectivity index (χ4v) is 6.32. The van der Waals surface area contributed by atoms with E-state index in [2.05, 4.69) is 0 Å². The van der Waals surface area contributed by atoms with Gasteiger partial charge in [-0.05, 0) is 80.9 Å².